The van der Waals surface area contributed by atoms with Gasteiger partial charge in [-0.1, -0.05) is 0 Å². The Balaban J connectivity index is 1.20. The maximum atomic E-state index is 13.2. The van der Waals surface area contributed by atoms with Crippen LogP contribution in [0.2, 0.25) is 0 Å². The molecule has 154 valence electrons. The quantitative estimate of drug-likeness (QED) is 0.795. The molecule has 2 saturated heterocycles. The highest BCUT2D eigenvalue weighted by atomic mass is 19.1. The molecule has 4 rings (SSSR count). The van der Waals surface area contributed by atoms with Gasteiger partial charge in [0.25, 0.3) is 0 Å². The number of amides is 1. The average Bonchev–Trinajstić information content (AvgIpc) is 3.07. The highest BCUT2D eigenvalue weighted by Gasteiger charge is 2.33. The molecule has 0 spiro atoms. The smallest absolute Gasteiger partial charge is 0.410 e. The molecule has 0 bridgehead atoms. The second kappa shape index (κ2) is 8.53. The number of aliphatic hydroxyl groups excluding tert-OH is 1. The van der Waals surface area contributed by atoms with E-state index >= 15 is 0 Å². The number of nitrogens with zero attached hydrogens (tertiary/aromatic N) is 2. The predicted molar refractivity (Wildman–Crippen MR) is 99.0 cm³/mol. The summed E-state index contributed by atoms with van der Waals surface area (Å²) < 4.78 is 29.9. The number of rotatable bonds is 6. The fourth-order valence-corrected chi connectivity index (χ4v) is 4.16. The fourth-order valence-electron chi connectivity index (χ4n) is 4.16. The van der Waals surface area contributed by atoms with Crippen LogP contribution in [0.25, 0.3) is 0 Å². The van der Waals surface area contributed by atoms with Crippen molar-refractivity contribution in [3.63, 3.8) is 0 Å². The van der Waals surface area contributed by atoms with E-state index in [9.17, 15) is 14.3 Å². The number of carbonyl (C=O) groups excluding carboxylic acids is 1. The highest BCUT2D eigenvalue weighted by molar-refractivity contribution is 5.70. The Morgan fingerprint density at radius 1 is 1.14 bits per heavy atom. The molecule has 1 amide bonds. The average molecular weight is 394 g/mol. The Bertz CT molecular complexity index is 695. The van der Waals surface area contributed by atoms with Crippen molar-refractivity contribution in [3.05, 3.63) is 24.0 Å². The van der Waals surface area contributed by atoms with Crippen LogP contribution in [-0.2, 0) is 4.74 Å². The van der Waals surface area contributed by atoms with Crippen molar-refractivity contribution < 1.29 is 28.5 Å². The zero-order chi connectivity index (χ0) is 19.5. The first-order valence-corrected chi connectivity index (χ1v) is 9.98. The van der Waals surface area contributed by atoms with Crippen LogP contribution in [0.4, 0.5) is 9.18 Å². The van der Waals surface area contributed by atoms with Gasteiger partial charge < -0.3 is 19.3 Å². The number of halogens is 1. The number of piperidine rings is 1. The molecule has 0 aliphatic carbocycles. The minimum atomic E-state index is -0.324. The lowest BCUT2D eigenvalue weighted by Crippen LogP contribution is -2.44. The van der Waals surface area contributed by atoms with Crippen LogP contribution in [-0.4, -0.2) is 79.1 Å². The molecule has 1 aromatic rings. The zero-order valence-electron chi connectivity index (χ0n) is 15.9. The number of aliphatic hydroxyl groups is 1. The van der Waals surface area contributed by atoms with Crippen molar-refractivity contribution >= 4 is 6.09 Å². The van der Waals surface area contributed by atoms with Gasteiger partial charge in [0.05, 0.1) is 12.6 Å². The molecule has 0 radical (unpaired) electrons. The van der Waals surface area contributed by atoms with Gasteiger partial charge in [-0.2, -0.15) is 0 Å². The van der Waals surface area contributed by atoms with Crippen molar-refractivity contribution in [2.24, 2.45) is 5.92 Å². The first kappa shape index (κ1) is 19.3. The topological polar surface area (TPSA) is 71.5 Å². The van der Waals surface area contributed by atoms with E-state index in [1.54, 1.807) is 11.0 Å². The van der Waals surface area contributed by atoms with E-state index in [0.717, 1.165) is 38.9 Å². The summed E-state index contributed by atoms with van der Waals surface area (Å²) in [6, 6.07) is 4.15. The van der Waals surface area contributed by atoms with Crippen LogP contribution < -0.4 is 9.47 Å². The van der Waals surface area contributed by atoms with Gasteiger partial charge in [0, 0.05) is 19.2 Å². The number of carbonyl (C=O) groups is 1. The van der Waals surface area contributed by atoms with E-state index in [4.69, 9.17) is 14.2 Å². The fraction of sp³-hybridized carbons (Fsp3) is 0.650. The van der Waals surface area contributed by atoms with Gasteiger partial charge in [0.15, 0.2) is 11.5 Å². The molecule has 0 aromatic heterocycles. The maximum Gasteiger partial charge on any atom is 0.410 e. The molecule has 3 heterocycles. The number of hydrogen-bond acceptors (Lipinski definition) is 6. The van der Waals surface area contributed by atoms with Crippen LogP contribution >= 0.6 is 0 Å². The van der Waals surface area contributed by atoms with Crippen LogP contribution in [0.3, 0.4) is 0 Å². The second-order valence-corrected chi connectivity index (χ2v) is 7.78. The Morgan fingerprint density at radius 3 is 2.75 bits per heavy atom. The third-order valence-electron chi connectivity index (χ3n) is 5.86. The second-order valence-electron chi connectivity index (χ2n) is 7.78. The molecule has 2 atom stereocenters. The number of fused-ring (bicyclic) bond motifs is 1. The number of hydrogen-bond donors (Lipinski definition) is 1. The standard InChI is InChI=1S/C20H27FN2O5/c21-15-1-2-18-19(9-15)26-13-17(28-18)10-22-6-3-14(4-7-22)5-8-23-16(11-24)12-27-20(23)25/h1-2,9,14,16-17,24H,3-8,10-13H2. The largest absolute Gasteiger partial charge is 0.486 e. The van der Waals surface area contributed by atoms with E-state index in [1.807, 2.05) is 0 Å². The summed E-state index contributed by atoms with van der Waals surface area (Å²) in [6.07, 6.45) is 2.70. The van der Waals surface area contributed by atoms with Gasteiger partial charge in [-0.15, -0.1) is 0 Å². The van der Waals surface area contributed by atoms with E-state index < -0.39 is 0 Å². The number of cyclic esters (lactones) is 1. The minimum absolute atomic E-state index is 0.0522. The summed E-state index contributed by atoms with van der Waals surface area (Å²) in [5, 5.41) is 9.34. The Labute approximate surface area is 164 Å². The van der Waals surface area contributed by atoms with Gasteiger partial charge in [0.2, 0.25) is 0 Å². The molecule has 0 saturated carbocycles. The lowest BCUT2D eigenvalue weighted by molar-refractivity contribution is 0.0461. The molecule has 3 aliphatic rings. The molecule has 2 fully saturated rings. The molecule has 2 unspecified atom stereocenters. The molecule has 1 aromatic carbocycles. The first-order chi connectivity index (χ1) is 13.6. The predicted octanol–water partition coefficient (Wildman–Crippen LogP) is 1.88. The molecule has 28 heavy (non-hydrogen) atoms. The van der Waals surface area contributed by atoms with Crippen molar-refractivity contribution in [2.45, 2.75) is 31.4 Å². The lowest BCUT2D eigenvalue weighted by atomic mass is 9.93. The molecule has 1 N–H and O–H groups in total. The first-order valence-electron chi connectivity index (χ1n) is 9.98. The Kier molecular flexibility index (Phi) is 5.87. The third kappa shape index (κ3) is 4.33. The van der Waals surface area contributed by atoms with Gasteiger partial charge in [0.1, 0.15) is 25.1 Å². The van der Waals surface area contributed by atoms with Gasteiger partial charge in [-0.3, -0.25) is 9.80 Å². The highest BCUT2D eigenvalue weighted by Crippen LogP contribution is 2.32. The van der Waals surface area contributed by atoms with Crippen molar-refractivity contribution in [1.82, 2.24) is 9.80 Å². The van der Waals surface area contributed by atoms with Crippen LogP contribution in [0.5, 0.6) is 11.5 Å². The number of likely N-dealkylation sites (tertiary alicyclic amines) is 1. The van der Waals surface area contributed by atoms with Crippen LogP contribution in [0, 0.1) is 11.7 Å². The molecular formula is C20H27FN2O5. The third-order valence-corrected chi connectivity index (χ3v) is 5.86. The zero-order valence-corrected chi connectivity index (χ0v) is 15.9. The van der Waals surface area contributed by atoms with E-state index in [0.29, 0.717) is 30.6 Å². The van der Waals surface area contributed by atoms with E-state index in [1.165, 1.54) is 12.1 Å². The summed E-state index contributed by atoms with van der Waals surface area (Å²) in [5.74, 6) is 1.31. The Morgan fingerprint density at radius 2 is 1.96 bits per heavy atom. The summed E-state index contributed by atoms with van der Waals surface area (Å²) in [6.45, 7) is 4.05. The van der Waals surface area contributed by atoms with Crippen LogP contribution in [0.1, 0.15) is 19.3 Å². The molecule has 3 aliphatic heterocycles. The van der Waals surface area contributed by atoms with Gasteiger partial charge in [-0.05, 0) is 50.4 Å². The maximum absolute atomic E-state index is 13.2. The van der Waals surface area contributed by atoms with E-state index in [2.05, 4.69) is 4.90 Å². The summed E-state index contributed by atoms with van der Waals surface area (Å²) >= 11 is 0. The van der Waals surface area contributed by atoms with Crippen LogP contribution in [0.15, 0.2) is 18.2 Å². The lowest BCUT2D eigenvalue weighted by Gasteiger charge is -2.36. The summed E-state index contributed by atoms with van der Waals surface area (Å²) in [7, 11) is 0. The molecular weight excluding hydrogens is 367 g/mol. The SMILES string of the molecule is O=C1OCC(CO)N1CCC1CCN(CC2COc3cc(F)ccc3O2)CC1. The van der Waals surface area contributed by atoms with Crippen molar-refractivity contribution in [3.8, 4) is 11.5 Å². The summed E-state index contributed by atoms with van der Waals surface area (Å²) in [4.78, 5) is 15.8. The normalized spacial score (nSPS) is 25.8. The number of benzene rings is 1. The van der Waals surface area contributed by atoms with E-state index in [-0.39, 0.29) is 37.3 Å². The summed E-state index contributed by atoms with van der Waals surface area (Å²) in [5.41, 5.74) is 0. The minimum Gasteiger partial charge on any atom is -0.486 e. The number of ether oxygens (including phenoxy) is 3. The van der Waals surface area contributed by atoms with Gasteiger partial charge in [-0.25, -0.2) is 9.18 Å². The molecule has 7 nitrogen and oxygen atoms in total. The Hall–Kier alpha value is -2.06. The van der Waals surface area contributed by atoms with Crippen molar-refractivity contribution in [1.29, 1.82) is 0 Å². The monoisotopic (exact) mass is 394 g/mol. The van der Waals surface area contributed by atoms with Crippen molar-refractivity contribution in [2.75, 3.05) is 46.0 Å². The molecule has 8 heteroatoms. The van der Waals surface area contributed by atoms with Gasteiger partial charge >= 0.3 is 6.09 Å².